The Bertz CT molecular complexity index is 422. The third kappa shape index (κ3) is 4.71. The molecule has 0 unspecified atom stereocenters. The lowest BCUT2D eigenvalue weighted by Crippen LogP contribution is -3.00. The van der Waals surface area contributed by atoms with Crippen molar-refractivity contribution < 1.29 is 27.7 Å². The second-order valence-corrected chi connectivity index (χ2v) is 5.35. The SMILES string of the molecule is [Cl-].[NH3+][C@@H](Cc1ccccc1S)C(=O)OC1CCCC1. The fraction of sp³-hybridized carbons (Fsp3) is 0.500. The Kier molecular flexibility index (Phi) is 6.69. The van der Waals surface area contributed by atoms with E-state index >= 15 is 0 Å². The number of rotatable bonds is 4. The Hall–Kier alpha value is -0.710. The molecule has 1 atom stereocenters. The molecule has 0 saturated heterocycles. The van der Waals surface area contributed by atoms with Crippen LogP contribution in [0.1, 0.15) is 31.2 Å². The molecule has 1 aromatic rings. The highest BCUT2D eigenvalue weighted by atomic mass is 35.5. The summed E-state index contributed by atoms with van der Waals surface area (Å²) in [5, 5.41) is 0. The first-order chi connectivity index (χ1) is 8.66. The molecule has 1 fully saturated rings. The van der Waals surface area contributed by atoms with Crippen molar-refractivity contribution in [1.29, 1.82) is 0 Å². The van der Waals surface area contributed by atoms with Crippen LogP contribution in [0.25, 0.3) is 0 Å². The van der Waals surface area contributed by atoms with Crippen LogP contribution in [-0.2, 0) is 16.0 Å². The fourth-order valence-electron chi connectivity index (χ4n) is 2.30. The van der Waals surface area contributed by atoms with E-state index in [1.165, 1.54) is 12.8 Å². The van der Waals surface area contributed by atoms with E-state index in [9.17, 15) is 4.79 Å². The van der Waals surface area contributed by atoms with E-state index in [0.29, 0.717) is 6.42 Å². The number of thiol groups is 1. The van der Waals surface area contributed by atoms with Gasteiger partial charge in [0.05, 0.1) is 0 Å². The summed E-state index contributed by atoms with van der Waals surface area (Å²) in [6.07, 6.45) is 5.04. The number of quaternary nitrogens is 1. The molecule has 106 valence electrons. The van der Waals surface area contributed by atoms with E-state index < -0.39 is 0 Å². The van der Waals surface area contributed by atoms with Crippen molar-refractivity contribution in [1.82, 2.24) is 0 Å². The summed E-state index contributed by atoms with van der Waals surface area (Å²) >= 11 is 4.38. The molecule has 0 spiro atoms. The smallest absolute Gasteiger partial charge is 0.365 e. The molecule has 0 aliphatic heterocycles. The van der Waals surface area contributed by atoms with Gasteiger partial charge < -0.3 is 22.9 Å². The van der Waals surface area contributed by atoms with Crippen LogP contribution in [0, 0.1) is 0 Å². The third-order valence-corrected chi connectivity index (χ3v) is 3.81. The minimum Gasteiger partial charge on any atom is -1.00 e. The summed E-state index contributed by atoms with van der Waals surface area (Å²) in [7, 11) is 0. The average molecular weight is 302 g/mol. The monoisotopic (exact) mass is 301 g/mol. The normalized spacial score (nSPS) is 16.7. The minimum atomic E-state index is -0.348. The van der Waals surface area contributed by atoms with Crippen molar-refractivity contribution in [2.24, 2.45) is 0 Å². The first kappa shape index (κ1) is 16.3. The predicted molar refractivity (Wildman–Crippen MR) is 72.4 cm³/mol. The summed E-state index contributed by atoms with van der Waals surface area (Å²) in [5.74, 6) is -0.182. The molecule has 19 heavy (non-hydrogen) atoms. The van der Waals surface area contributed by atoms with Crippen LogP contribution in [0.5, 0.6) is 0 Å². The summed E-state index contributed by atoms with van der Waals surface area (Å²) in [4.78, 5) is 12.8. The molecule has 0 radical (unpaired) electrons. The summed E-state index contributed by atoms with van der Waals surface area (Å²) in [6.45, 7) is 0. The van der Waals surface area contributed by atoms with Gasteiger partial charge in [-0.15, -0.1) is 12.6 Å². The summed E-state index contributed by atoms with van der Waals surface area (Å²) < 4.78 is 5.46. The molecule has 3 N–H and O–H groups in total. The summed E-state index contributed by atoms with van der Waals surface area (Å²) in [5.41, 5.74) is 4.95. The van der Waals surface area contributed by atoms with E-state index in [4.69, 9.17) is 4.74 Å². The largest absolute Gasteiger partial charge is 1.00 e. The quantitative estimate of drug-likeness (QED) is 0.532. The van der Waals surface area contributed by atoms with E-state index in [1.54, 1.807) is 0 Å². The summed E-state index contributed by atoms with van der Waals surface area (Å²) in [6, 6.07) is 7.43. The first-order valence-electron chi connectivity index (χ1n) is 6.47. The van der Waals surface area contributed by atoms with Crippen LogP contribution in [0.3, 0.4) is 0 Å². The van der Waals surface area contributed by atoms with Gasteiger partial charge in [0.15, 0.2) is 6.04 Å². The van der Waals surface area contributed by atoms with Crippen LogP contribution >= 0.6 is 12.6 Å². The lowest BCUT2D eigenvalue weighted by atomic mass is 10.1. The molecule has 1 aliphatic carbocycles. The van der Waals surface area contributed by atoms with Crippen molar-refractivity contribution >= 4 is 18.6 Å². The zero-order chi connectivity index (χ0) is 13.0. The Labute approximate surface area is 125 Å². The van der Waals surface area contributed by atoms with Crippen LogP contribution in [0.4, 0.5) is 0 Å². The maximum absolute atomic E-state index is 11.9. The van der Waals surface area contributed by atoms with Gasteiger partial charge >= 0.3 is 5.97 Å². The van der Waals surface area contributed by atoms with Gasteiger partial charge in [0.2, 0.25) is 0 Å². The van der Waals surface area contributed by atoms with Crippen molar-refractivity contribution in [3.8, 4) is 0 Å². The van der Waals surface area contributed by atoms with Crippen molar-refractivity contribution in [3.63, 3.8) is 0 Å². The lowest BCUT2D eigenvalue weighted by Gasteiger charge is -2.14. The van der Waals surface area contributed by atoms with Crippen molar-refractivity contribution in [3.05, 3.63) is 29.8 Å². The number of hydrogen-bond donors (Lipinski definition) is 2. The Balaban J connectivity index is 0.00000180. The number of carbonyl (C=O) groups excluding carboxylic acids is 1. The van der Waals surface area contributed by atoms with Gasteiger partial charge in [-0.05, 0) is 37.3 Å². The number of ether oxygens (including phenoxy) is 1. The molecule has 0 heterocycles. The Morgan fingerprint density at radius 2 is 2.00 bits per heavy atom. The molecule has 5 heteroatoms. The fourth-order valence-corrected chi connectivity index (χ4v) is 2.55. The Morgan fingerprint density at radius 3 is 2.63 bits per heavy atom. The van der Waals surface area contributed by atoms with Crippen LogP contribution in [0.15, 0.2) is 29.2 Å². The van der Waals surface area contributed by atoms with Crippen LogP contribution < -0.4 is 18.1 Å². The standard InChI is InChI=1S/C14H19NO2S.ClH/c15-12(9-10-5-1-4-8-13(10)18)14(16)17-11-6-2-3-7-11;/h1,4-5,8,11-12,18H,2-3,6-7,9,15H2;1H/t12-;/m0./s1. The van der Waals surface area contributed by atoms with Gasteiger partial charge in [0.1, 0.15) is 6.10 Å². The highest BCUT2D eigenvalue weighted by molar-refractivity contribution is 7.80. The minimum absolute atomic E-state index is 0. The van der Waals surface area contributed by atoms with Gasteiger partial charge in [0, 0.05) is 11.3 Å². The molecule has 2 rings (SSSR count). The number of hydrogen-bond acceptors (Lipinski definition) is 3. The number of esters is 1. The highest BCUT2D eigenvalue weighted by Crippen LogP contribution is 2.21. The van der Waals surface area contributed by atoms with E-state index in [0.717, 1.165) is 23.3 Å². The molecule has 3 nitrogen and oxygen atoms in total. The third-order valence-electron chi connectivity index (χ3n) is 3.38. The van der Waals surface area contributed by atoms with E-state index in [1.807, 2.05) is 24.3 Å². The zero-order valence-electron chi connectivity index (χ0n) is 10.8. The highest BCUT2D eigenvalue weighted by Gasteiger charge is 2.25. The van der Waals surface area contributed by atoms with Gasteiger partial charge in [-0.25, -0.2) is 4.79 Å². The van der Waals surface area contributed by atoms with Crippen LogP contribution in [0.2, 0.25) is 0 Å². The Morgan fingerprint density at radius 1 is 1.37 bits per heavy atom. The van der Waals surface area contributed by atoms with E-state index in [-0.39, 0.29) is 30.5 Å². The van der Waals surface area contributed by atoms with Gasteiger partial charge in [-0.2, -0.15) is 0 Å². The van der Waals surface area contributed by atoms with Gasteiger partial charge in [0.25, 0.3) is 0 Å². The molecular weight excluding hydrogens is 282 g/mol. The van der Waals surface area contributed by atoms with Gasteiger partial charge in [-0.1, -0.05) is 18.2 Å². The van der Waals surface area contributed by atoms with E-state index in [2.05, 4.69) is 18.4 Å². The molecular formula is C14H20ClNO2S. The second-order valence-electron chi connectivity index (χ2n) is 4.87. The second kappa shape index (κ2) is 7.78. The molecule has 0 aromatic heterocycles. The topological polar surface area (TPSA) is 53.9 Å². The molecule has 0 bridgehead atoms. The molecule has 0 amide bonds. The van der Waals surface area contributed by atoms with Gasteiger partial charge in [-0.3, -0.25) is 0 Å². The van der Waals surface area contributed by atoms with Crippen molar-refractivity contribution in [2.75, 3.05) is 0 Å². The average Bonchev–Trinajstić information content (AvgIpc) is 2.84. The zero-order valence-corrected chi connectivity index (χ0v) is 12.5. The van der Waals surface area contributed by atoms with Crippen molar-refractivity contribution in [2.45, 2.75) is 49.1 Å². The number of halogens is 1. The molecule has 1 saturated carbocycles. The molecule has 1 aromatic carbocycles. The first-order valence-corrected chi connectivity index (χ1v) is 6.92. The molecule has 1 aliphatic rings. The van der Waals surface area contributed by atoms with Crippen LogP contribution in [-0.4, -0.2) is 18.1 Å². The number of carbonyl (C=O) groups is 1. The number of benzene rings is 1. The lowest BCUT2D eigenvalue weighted by molar-refractivity contribution is -0.408. The maximum Gasteiger partial charge on any atom is 0.365 e. The predicted octanol–water partition coefficient (Wildman–Crippen LogP) is -1.38. The maximum atomic E-state index is 11.9.